The molecule has 2 nitrogen and oxygen atoms in total. The van der Waals surface area contributed by atoms with Gasteiger partial charge in [-0.15, -0.1) is 0 Å². The summed E-state index contributed by atoms with van der Waals surface area (Å²) in [5.74, 6) is -0.664. The van der Waals surface area contributed by atoms with Gasteiger partial charge in [0.1, 0.15) is 0 Å². The number of unbranched alkanes of at least 4 members (excludes halogenated alkanes) is 11. The fourth-order valence-corrected chi connectivity index (χ4v) is 2.35. The van der Waals surface area contributed by atoms with Gasteiger partial charge in [0.25, 0.3) is 0 Å². The van der Waals surface area contributed by atoms with Gasteiger partial charge in [0.15, 0.2) is 0 Å². The van der Waals surface area contributed by atoms with Crippen LogP contribution in [-0.4, -0.2) is 11.1 Å². The summed E-state index contributed by atoms with van der Waals surface area (Å²) in [6.07, 6.45) is 21.2. The summed E-state index contributed by atoms with van der Waals surface area (Å²) in [7, 11) is 0. The largest absolute Gasteiger partial charge is 0.481 e. The van der Waals surface area contributed by atoms with Gasteiger partial charge < -0.3 is 5.11 Å². The molecule has 0 aliphatic heterocycles. The van der Waals surface area contributed by atoms with Gasteiger partial charge in [-0.25, -0.2) is 0 Å². The molecule has 0 atom stereocenters. The average molecular weight is 348 g/mol. The molecule has 3 heteroatoms. The zero-order valence-electron chi connectivity index (χ0n) is 14.1. The van der Waals surface area contributed by atoms with Crippen LogP contribution in [0.25, 0.3) is 0 Å². The first kappa shape index (κ1) is 23.1. The molecule has 0 aliphatic rings. The zero-order chi connectivity index (χ0) is 14.9. The van der Waals surface area contributed by atoms with Crippen LogP contribution in [-0.2, 0) is 24.3 Å². The van der Waals surface area contributed by atoms with Crippen molar-refractivity contribution in [2.45, 2.75) is 96.8 Å². The van der Waals surface area contributed by atoms with E-state index in [0.717, 1.165) is 12.8 Å². The Bertz CT molecular complexity index is 239. The van der Waals surface area contributed by atoms with Crippen molar-refractivity contribution in [3.8, 4) is 0 Å². The molecule has 21 heavy (non-hydrogen) atoms. The Kier molecular flexibility index (Phi) is 21.8. The Morgan fingerprint density at radius 2 is 1.19 bits per heavy atom. The van der Waals surface area contributed by atoms with Gasteiger partial charge in [0.2, 0.25) is 0 Å². The van der Waals surface area contributed by atoms with Gasteiger partial charge in [-0.05, 0) is 32.1 Å². The molecular formula is C18H34O2Zn. The first-order valence-electron chi connectivity index (χ1n) is 8.64. The van der Waals surface area contributed by atoms with E-state index in [2.05, 4.69) is 19.1 Å². The van der Waals surface area contributed by atoms with Gasteiger partial charge in [-0.1, -0.05) is 70.4 Å². The van der Waals surface area contributed by atoms with Gasteiger partial charge in [0, 0.05) is 25.9 Å². The first-order valence-corrected chi connectivity index (χ1v) is 8.64. The summed E-state index contributed by atoms with van der Waals surface area (Å²) in [6.45, 7) is 2.26. The molecule has 0 spiro atoms. The summed E-state index contributed by atoms with van der Waals surface area (Å²) in [6, 6.07) is 0. The number of rotatable bonds is 15. The van der Waals surface area contributed by atoms with Crippen molar-refractivity contribution in [2.75, 3.05) is 0 Å². The molecule has 0 aliphatic carbocycles. The monoisotopic (exact) mass is 346 g/mol. The fraction of sp³-hybridized carbons (Fsp3) is 0.833. The van der Waals surface area contributed by atoms with Crippen molar-refractivity contribution in [3.05, 3.63) is 12.2 Å². The van der Waals surface area contributed by atoms with Crippen LogP contribution in [0.2, 0.25) is 0 Å². The van der Waals surface area contributed by atoms with Crippen molar-refractivity contribution < 1.29 is 29.4 Å². The minimum absolute atomic E-state index is 0. The molecule has 0 unspecified atom stereocenters. The van der Waals surface area contributed by atoms with Crippen molar-refractivity contribution in [2.24, 2.45) is 0 Å². The second-order valence-corrected chi connectivity index (χ2v) is 5.73. The Morgan fingerprint density at radius 3 is 1.67 bits per heavy atom. The standard InChI is InChI=1S/C18H34O2.Zn/c1-2-3-4-5-6-7-8-9-10-11-12-13-14-15-16-17-18(19)20;/h9-10H,2-8,11-17H2,1H3,(H,19,20);/b10-9+;. The molecule has 1 N–H and O–H groups in total. The van der Waals surface area contributed by atoms with E-state index in [1.807, 2.05) is 0 Å². The van der Waals surface area contributed by atoms with Crippen LogP contribution in [0.5, 0.6) is 0 Å². The molecule has 0 aromatic carbocycles. The minimum atomic E-state index is -0.664. The maximum Gasteiger partial charge on any atom is 0.303 e. The van der Waals surface area contributed by atoms with E-state index in [1.165, 1.54) is 70.6 Å². The Hall–Kier alpha value is -0.167. The number of hydrogen-bond acceptors (Lipinski definition) is 1. The Morgan fingerprint density at radius 1 is 0.762 bits per heavy atom. The van der Waals surface area contributed by atoms with Crippen LogP contribution < -0.4 is 0 Å². The molecule has 120 valence electrons. The third kappa shape index (κ3) is 22.3. The molecule has 0 saturated heterocycles. The van der Waals surface area contributed by atoms with E-state index in [1.54, 1.807) is 0 Å². The Balaban J connectivity index is 0. The fourth-order valence-electron chi connectivity index (χ4n) is 2.35. The van der Waals surface area contributed by atoms with E-state index >= 15 is 0 Å². The molecule has 0 amide bonds. The first-order chi connectivity index (χ1) is 9.77. The summed E-state index contributed by atoms with van der Waals surface area (Å²) < 4.78 is 0. The minimum Gasteiger partial charge on any atom is -0.481 e. The second kappa shape index (κ2) is 19.8. The Labute approximate surface area is 144 Å². The van der Waals surface area contributed by atoms with Crippen molar-refractivity contribution in [1.82, 2.24) is 0 Å². The topological polar surface area (TPSA) is 37.3 Å². The van der Waals surface area contributed by atoms with E-state index in [-0.39, 0.29) is 19.5 Å². The molecular weight excluding hydrogens is 314 g/mol. The van der Waals surface area contributed by atoms with E-state index in [4.69, 9.17) is 5.11 Å². The van der Waals surface area contributed by atoms with Crippen LogP contribution in [0.15, 0.2) is 12.2 Å². The predicted octanol–water partition coefficient (Wildman–Crippen LogP) is 6.11. The summed E-state index contributed by atoms with van der Waals surface area (Å²) in [5, 5.41) is 8.51. The summed E-state index contributed by atoms with van der Waals surface area (Å²) in [5.41, 5.74) is 0. The molecule has 0 bridgehead atoms. The van der Waals surface area contributed by atoms with Gasteiger partial charge in [-0.3, -0.25) is 4.79 Å². The van der Waals surface area contributed by atoms with E-state index in [9.17, 15) is 4.79 Å². The number of carbonyl (C=O) groups is 1. The third-order valence-corrected chi connectivity index (χ3v) is 3.65. The SMILES string of the molecule is CCCCCCCC/C=C/CCCCCCCC(=O)O.[Zn]. The molecule has 0 fully saturated rings. The molecule has 0 rings (SSSR count). The molecule has 0 saturated carbocycles. The van der Waals surface area contributed by atoms with Crippen LogP contribution in [0.4, 0.5) is 0 Å². The zero-order valence-corrected chi connectivity index (χ0v) is 17.1. The maximum atomic E-state index is 10.3. The third-order valence-electron chi connectivity index (χ3n) is 3.65. The molecule has 0 radical (unpaired) electrons. The van der Waals surface area contributed by atoms with Crippen molar-refractivity contribution in [3.63, 3.8) is 0 Å². The normalized spacial score (nSPS) is 10.7. The molecule has 0 aromatic rings. The second-order valence-electron chi connectivity index (χ2n) is 5.73. The molecule has 0 aromatic heterocycles. The van der Waals surface area contributed by atoms with E-state index < -0.39 is 5.97 Å². The summed E-state index contributed by atoms with van der Waals surface area (Å²) in [4.78, 5) is 10.3. The van der Waals surface area contributed by atoms with E-state index in [0.29, 0.717) is 6.42 Å². The number of carboxylic acids is 1. The van der Waals surface area contributed by atoms with Crippen LogP contribution in [0.3, 0.4) is 0 Å². The molecule has 0 heterocycles. The number of hydrogen-bond donors (Lipinski definition) is 1. The predicted molar refractivity (Wildman–Crippen MR) is 87.1 cm³/mol. The van der Waals surface area contributed by atoms with Crippen LogP contribution >= 0.6 is 0 Å². The maximum absolute atomic E-state index is 10.3. The number of aliphatic carboxylic acids is 1. The summed E-state index contributed by atoms with van der Waals surface area (Å²) >= 11 is 0. The van der Waals surface area contributed by atoms with Gasteiger partial charge in [0.05, 0.1) is 0 Å². The quantitative estimate of drug-likeness (QED) is 0.220. The van der Waals surface area contributed by atoms with Crippen LogP contribution in [0, 0.1) is 0 Å². The van der Waals surface area contributed by atoms with Crippen LogP contribution in [0.1, 0.15) is 96.8 Å². The number of allylic oxidation sites excluding steroid dienone is 2. The van der Waals surface area contributed by atoms with Crippen molar-refractivity contribution >= 4 is 5.97 Å². The van der Waals surface area contributed by atoms with Gasteiger partial charge in [-0.2, -0.15) is 0 Å². The average Bonchev–Trinajstić information content (AvgIpc) is 2.43. The van der Waals surface area contributed by atoms with Crippen molar-refractivity contribution in [1.29, 1.82) is 0 Å². The smallest absolute Gasteiger partial charge is 0.303 e. The number of carboxylic acid groups (broad SMARTS) is 1. The van der Waals surface area contributed by atoms with Gasteiger partial charge >= 0.3 is 5.97 Å².